The Morgan fingerprint density at radius 2 is 2.00 bits per heavy atom. The maximum absolute atomic E-state index is 12.0. The molecule has 0 heterocycles. The van der Waals surface area contributed by atoms with E-state index in [2.05, 4.69) is 11.2 Å². The summed E-state index contributed by atoms with van der Waals surface area (Å²) in [5.41, 5.74) is 0.664. The van der Waals surface area contributed by atoms with Gasteiger partial charge in [-0.1, -0.05) is 30.3 Å². The van der Waals surface area contributed by atoms with Gasteiger partial charge in [-0.05, 0) is 29.8 Å². The van der Waals surface area contributed by atoms with Crippen LogP contribution in [0.3, 0.4) is 0 Å². The van der Waals surface area contributed by atoms with Gasteiger partial charge in [0.1, 0.15) is 0 Å². The minimum absolute atomic E-state index is 0.00558. The molecule has 0 aliphatic carbocycles. The van der Waals surface area contributed by atoms with E-state index in [1.54, 1.807) is 0 Å². The first-order valence-corrected chi connectivity index (χ1v) is 5.94. The summed E-state index contributed by atoms with van der Waals surface area (Å²) in [7, 11) is 0. The van der Waals surface area contributed by atoms with Crippen LogP contribution in [0.15, 0.2) is 42.5 Å². The first-order valence-electron chi connectivity index (χ1n) is 5.94. The van der Waals surface area contributed by atoms with Crippen LogP contribution in [-0.2, 0) is 0 Å². The molecule has 0 spiro atoms. The van der Waals surface area contributed by atoms with Crippen LogP contribution < -0.4 is 5.32 Å². The van der Waals surface area contributed by atoms with Gasteiger partial charge in [-0.2, -0.15) is 0 Å². The molecule has 2 nitrogen and oxygen atoms in total. The fourth-order valence-corrected chi connectivity index (χ4v) is 1.87. The van der Waals surface area contributed by atoms with Gasteiger partial charge in [0.05, 0.1) is 0 Å². The van der Waals surface area contributed by atoms with E-state index in [0.717, 1.165) is 10.8 Å². The number of carbonyl (C=O) groups is 1. The highest BCUT2D eigenvalue weighted by atomic mass is 16.1. The van der Waals surface area contributed by atoms with Crippen LogP contribution in [0.1, 0.15) is 23.7 Å². The number of fused-ring (bicyclic) bond motifs is 1. The molecule has 0 aromatic heterocycles. The molecule has 2 aromatic carbocycles. The largest absolute Gasteiger partial charge is 0.349 e. The van der Waals surface area contributed by atoms with Crippen LogP contribution >= 0.6 is 0 Å². The maximum atomic E-state index is 12.0. The molecule has 0 aliphatic heterocycles. The summed E-state index contributed by atoms with van der Waals surface area (Å²) in [6.07, 6.45) is 5.76. The van der Waals surface area contributed by atoms with Gasteiger partial charge in [0.15, 0.2) is 0 Å². The first kappa shape index (κ1) is 12.2. The van der Waals surface area contributed by atoms with Gasteiger partial charge in [0.2, 0.25) is 0 Å². The third kappa shape index (κ3) is 2.70. The topological polar surface area (TPSA) is 29.1 Å². The van der Waals surface area contributed by atoms with Crippen molar-refractivity contribution in [2.45, 2.75) is 19.4 Å². The second-order valence-corrected chi connectivity index (χ2v) is 4.34. The average molecular weight is 237 g/mol. The van der Waals surface area contributed by atoms with E-state index < -0.39 is 0 Å². The lowest BCUT2D eigenvalue weighted by Gasteiger charge is -2.11. The van der Waals surface area contributed by atoms with Gasteiger partial charge in [-0.3, -0.25) is 4.79 Å². The molecule has 2 rings (SSSR count). The van der Waals surface area contributed by atoms with Crippen LogP contribution in [0.4, 0.5) is 0 Å². The van der Waals surface area contributed by atoms with E-state index in [0.29, 0.717) is 12.0 Å². The number of carbonyl (C=O) groups excluding carboxylic acids is 1. The Hall–Kier alpha value is -2.27. The molecule has 0 radical (unpaired) electrons. The van der Waals surface area contributed by atoms with E-state index in [9.17, 15) is 4.79 Å². The third-order valence-corrected chi connectivity index (χ3v) is 2.81. The van der Waals surface area contributed by atoms with Gasteiger partial charge in [-0.15, -0.1) is 12.3 Å². The third-order valence-electron chi connectivity index (χ3n) is 2.81. The zero-order valence-electron chi connectivity index (χ0n) is 10.3. The smallest absolute Gasteiger partial charge is 0.251 e. The van der Waals surface area contributed by atoms with E-state index in [-0.39, 0.29) is 11.9 Å². The lowest BCUT2D eigenvalue weighted by atomic mass is 10.1. The zero-order valence-corrected chi connectivity index (χ0v) is 10.3. The highest BCUT2D eigenvalue weighted by Crippen LogP contribution is 2.15. The number of benzene rings is 2. The van der Waals surface area contributed by atoms with Crippen molar-refractivity contribution in [3.8, 4) is 12.3 Å². The summed E-state index contributed by atoms with van der Waals surface area (Å²) >= 11 is 0. The van der Waals surface area contributed by atoms with Crippen molar-refractivity contribution in [1.82, 2.24) is 5.32 Å². The molecule has 1 atom stereocenters. The molecule has 1 unspecified atom stereocenters. The Kier molecular flexibility index (Phi) is 3.64. The zero-order chi connectivity index (χ0) is 13.0. The lowest BCUT2D eigenvalue weighted by Crippen LogP contribution is -2.32. The van der Waals surface area contributed by atoms with E-state index in [4.69, 9.17) is 6.42 Å². The summed E-state index contributed by atoms with van der Waals surface area (Å²) in [4.78, 5) is 12.0. The van der Waals surface area contributed by atoms with Crippen LogP contribution in [0.2, 0.25) is 0 Å². The van der Waals surface area contributed by atoms with Crippen LogP contribution in [0.25, 0.3) is 10.8 Å². The number of rotatable bonds is 3. The predicted molar refractivity (Wildman–Crippen MR) is 74.3 cm³/mol. The molecule has 18 heavy (non-hydrogen) atoms. The Balaban J connectivity index is 2.21. The molecule has 0 saturated heterocycles. The fraction of sp³-hybridized carbons (Fsp3) is 0.188. The predicted octanol–water partition coefficient (Wildman–Crippen LogP) is 2.98. The molecule has 0 saturated carbocycles. The molecule has 0 aliphatic rings. The van der Waals surface area contributed by atoms with Crippen molar-refractivity contribution in [1.29, 1.82) is 0 Å². The standard InChI is InChI=1S/C16H15NO/c1-3-6-12(2)17-16(18)15-10-9-13-7-4-5-8-14(13)11-15/h1,4-5,7-12H,6H2,2H3,(H,17,18). The molecular formula is C16H15NO. The minimum atomic E-state index is -0.0801. The number of nitrogens with one attached hydrogen (secondary N) is 1. The molecule has 90 valence electrons. The van der Waals surface area contributed by atoms with Gasteiger partial charge >= 0.3 is 0 Å². The summed E-state index contributed by atoms with van der Waals surface area (Å²) < 4.78 is 0. The van der Waals surface area contributed by atoms with Crippen molar-refractivity contribution in [3.63, 3.8) is 0 Å². The van der Waals surface area contributed by atoms with Gasteiger partial charge in [-0.25, -0.2) is 0 Å². The molecule has 1 N–H and O–H groups in total. The summed E-state index contributed by atoms with van der Waals surface area (Å²) in [6, 6.07) is 13.6. The maximum Gasteiger partial charge on any atom is 0.251 e. The van der Waals surface area contributed by atoms with Crippen molar-refractivity contribution < 1.29 is 4.79 Å². The monoisotopic (exact) mass is 237 g/mol. The Labute approximate surface area is 107 Å². The number of terminal acetylenes is 1. The highest BCUT2D eigenvalue weighted by molar-refractivity contribution is 5.98. The molecule has 2 heteroatoms. The van der Waals surface area contributed by atoms with Crippen LogP contribution in [0, 0.1) is 12.3 Å². The molecule has 0 bridgehead atoms. The summed E-state index contributed by atoms with van der Waals surface area (Å²) in [6.45, 7) is 1.90. The average Bonchev–Trinajstić information content (AvgIpc) is 2.38. The van der Waals surface area contributed by atoms with E-state index in [1.807, 2.05) is 49.4 Å². The number of hydrogen-bond donors (Lipinski definition) is 1. The van der Waals surface area contributed by atoms with Crippen LogP contribution in [0.5, 0.6) is 0 Å². The fourth-order valence-electron chi connectivity index (χ4n) is 1.87. The second kappa shape index (κ2) is 5.37. The van der Waals surface area contributed by atoms with Crippen molar-refractivity contribution in [2.75, 3.05) is 0 Å². The van der Waals surface area contributed by atoms with Crippen molar-refractivity contribution in [2.24, 2.45) is 0 Å². The Bertz CT molecular complexity index is 610. The normalized spacial score (nSPS) is 11.8. The Morgan fingerprint density at radius 1 is 1.28 bits per heavy atom. The first-order chi connectivity index (χ1) is 8.70. The molecule has 0 fully saturated rings. The molecular weight excluding hydrogens is 222 g/mol. The van der Waals surface area contributed by atoms with Crippen LogP contribution in [-0.4, -0.2) is 11.9 Å². The van der Waals surface area contributed by atoms with Gasteiger partial charge in [0, 0.05) is 18.0 Å². The number of amides is 1. The molecule has 2 aromatic rings. The van der Waals surface area contributed by atoms with Crippen molar-refractivity contribution >= 4 is 16.7 Å². The number of hydrogen-bond acceptors (Lipinski definition) is 1. The highest BCUT2D eigenvalue weighted by Gasteiger charge is 2.09. The summed E-state index contributed by atoms with van der Waals surface area (Å²) in [5.74, 6) is 2.46. The quantitative estimate of drug-likeness (QED) is 0.817. The van der Waals surface area contributed by atoms with Gasteiger partial charge < -0.3 is 5.32 Å². The minimum Gasteiger partial charge on any atom is -0.349 e. The Morgan fingerprint density at radius 3 is 2.72 bits per heavy atom. The lowest BCUT2D eigenvalue weighted by molar-refractivity contribution is 0.0941. The summed E-state index contributed by atoms with van der Waals surface area (Å²) in [5, 5.41) is 5.08. The molecule has 1 amide bonds. The van der Waals surface area contributed by atoms with Crippen molar-refractivity contribution in [3.05, 3.63) is 48.0 Å². The SMILES string of the molecule is C#CCC(C)NC(=O)c1ccc2ccccc2c1. The van der Waals surface area contributed by atoms with Gasteiger partial charge in [0.25, 0.3) is 5.91 Å². The van der Waals surface area contributed by atoms with E-state index >= 15 is 0 Å². The van der Waals surface area contributed by atoms with E-state index in [1.165, 1.54) is 0 Å². The second-order valence-electron chi connectivity index (χ2n) is 4.34.